The van der Waals surface area contributed by atoms with Gasteiger partial charge in [0.1, 0.15) is 5.75 Å². The Kier molecular flexibility index (Phi) is 7.51. The van der Waals surface area contributed by atoms with E-state index in [4.69, 9.17) is 4.74 Å². The highest BCUT2D eigenvalue weighted by molar-refractivity contribution is 7.10. The second kappa shape index (κ2) is 10.5. The third-order valence-corrected chi connectivity index (χ3v) is 7.73. The van der Waals surface area contributed by atoms with Crippen LogP contribution in [0.25, 0.3) is 0 Å². The monoisotopic (exact) mass is 441 g/mol. The molecule has 2 fully saturated rings. The number of benzene rings is 1. The second-order valence-electron chi connectivity index (χ2n) is 8.79. The molecule has 0 radical (unpaired) electrons. The SMILES string of the molecule is COc1ccccc1N1CCN([C@H](c2cccs2)[C@@H](C)NC(=O)C2CCCCC2)CC1. The molecule has 1 amide bonds. The number of carbonyl (C=O) groups is 1. The first-order valence-corrected chi connectivity index (χ1v) is 12.5. The Bertz CT molecular complexity index is 827. The minimum Gasteiger partial charge on any atom is -0.495 e. The average molecular weight is 442 g/mol. The minimum atomic E-state index is 0.0888. The van der Waals surface area contributed by atoms with Crippen LogP contribution in [0.4, 0.5) is 5.69 Å². The van der Waals surface area contributed by atoms with Gasteiger partial charge >= 0.3 is 0 Å². The normalized spacial score (nSPS) is 20.3. The van der Waals surface area contributed by atoms with Crippen molar-refractivity contribution < 1.29 is 9.53 Å². The molecule has 1 saturated carbocycles. The fourth-order valence-electron chi connectivity index (χ4n) is 5.12. The van der Waals surface area contributed by atoms with Gasteiger partial charge in [0.2, 0.25) is 5.91 Å². The first kappa shape index (κ1) is 22.2. The predicted molar refractivity (Wildman–Crippen MR) is 128 cm³/mol. The zero-order valence-corrected chi connectivity index (χ0v) is 19.6. The standard InChI is InChI=1S/C25H35N3O2S/c1-19(26-25(29)20-9-4-3-5-10-20)24(23-13-8-18-31-23)28-16-14-27(15-17-28)21-11-6-7-12-22(21)30-2/h6-8,11-13,18-20,24H,3-5,9-10,14-17H2,1-2H3,(H,26,29)/t19-,24+/m1/s1. The van der Waals surface area contributed by atoms with Crippen molar-refractivity contribution in [3.8, 4) is 5.75 Å². The number of thiophene rings is 1. The van der Waals surface area contributed by atoms with E-state index in [1.807, 2.05) is 12.1 Å². The summed E-state index contributed by atoms with van der Waals surface area (Å²) < 4.78 is 5.57. The third-order valence-electron chi connectivity index (χ3n) is 6.79. The molecule has 2 aliphatic rings. The van der Waals surface area contributed by atoms with Crippen molar-refractivity contribution in [3.63, 3.8) is 0 Å². The van der Waals surface area contributed by atoms with Gasteiger partial charge in [-0.3, -0.25) is 9.69 Å². The number of methoxy groups -OCH3 is 1. The van der Waals surface area contributed by atoms with Crippen LogP contribution < -0.4 is 15.0 Å². The highest BCUT2D eigenvalue weighted by Crippen LogP contribution is 2.33. The summed E-state index contributed by atoms with van der Waals surface area (Å²) in [6.45, 7) is 6.00. The van der Waals surface area contributed by atoms with E-state index >= 15 is 0 Å². The maximum Gasteiger partial charge on any atom is 0.223 e. The maximum absolute atomic E-state index is 12.9. The van der Waals surface area contributed by atoms with Crippen LogP contribution in [0.1, 0.15) is 49.9 Å². The predicted octanol–water partition coefficient (Wildman–Crippen LogP) is 4.71. The van der Waals surface area contributed by atoms with Gasteiger partial charge in [-0.1, -0.05) is 37.5 Å². The van der Waals surface area contributed by atoms with Gasteiger partial charge < -0.3 is 15.0 Å². The van der Waals surface area contributed by atoms with Crippen LogP contribution in [-0.4, -0.2) is 50.1 Å². The van der Waals surface area contributed by atoms with Gasteiger partial charge in [-0.15, -0.1) is 11.3 Å². The number of nitrogens with zero attached hydrogens (tertiary/aromatic N) is 2. The van der Waals surface area contributed by atoms with Gasteiger partial charge in [0.05, 0.1) is 18.8 Å². The quantitative estimate of drug-likeness (QED) is 0.676. The van der Waals surface area contributed by atoms with Gasteiger partial charge in [0.25, 0.3) is 0 Å². The zero-order valence-electron chi connectivity index (χ0n) is 18.8. The molecule has 5 nitrogen and oxygen atoms in total. The number of amides is 1. The molecule has 2 atom stereocenters. The summed E-state index contributed by atoms with van der Waals surface area (Å²) in [5.41, 5.74) is 1.16. The first-order valence-electron chi connectivity index (χ1n) is 11.6. The molecule has 1 aliphatic carbocycles. The van der Waals surface area contributed by atoms with Crippen LogP contribution in [-0.2, 0) is 4.79 Å². The number of hydrogen-bond acceptors (Lipinski definition) is 5. The molecule has 0 unspecified atom stereocenters. The van der Waals surface area contributed by atoms with Crippen molar-refractivity contribution in [3.05, 3.63) is 46.7 Å². The molecule has 0 bridgehead atoms. The molecule has 1 saturated heterocycles. The van der Waals surface area contributed by atoms with Crippen molar-refractivity contribution in [1.29, 1.82) is 0 Å². The molecule has 1 N–H and O–H groups in total. The van der Waals surface area contributed by atoms with Crippen LogP contribution in [0.2, 0.25) is 0 Å². The summed E-state index contributed by atoms with van der Waals surface area (Å²) >= 11 is 1.79. The van der Waals surface area contributed by atoms with Crippen LogP contribution in [0.3, 0.4) is 0 Å². The lowest BCUT2D eigenvalue weighted by molar-refractivity contribution is -0.127. The van der Waals surface area contributed by atoms with Crippen molar-refractivity contribution >= 4 is 22.9 Å². The summed E-state index contributed by atoms with van der Waals surface area (Å²) in [7, 11) is 1.73. The minimum absolute atomic E-state index is 0.0888. The average Bonchev–Trinajstić information content (AvgIpc) is 3.34. The number of ether oxygens (including phenoxy) is 1. The lowest BCUT2D eigenvalue weighted by Gasteiger charge is -2.42. The molecular formula is C25H35N3O2S. The van der Waals surface area contributed by atoms with E-state index in [9.17, 15) is 4.79 Å². The zero-order chi connectivity index (χ0) is 21.6. The fourth-order valence-corrected chi connectivity index (χ4v) is 6.08. The van der Waals surface area contributed by atoms with Gasteiger partial charge in [-0.2, -0.15) is 0 Å². The molecule has 31 heavy (non-hydrogen) atoms. The van der Waals surface area contributed by atoms with Crippen LogP contribution in [0, 0.1) is 5.92 Å². The van der Waals surface area contributed by atoms with Crippen LogP contribution in [0.15, 0.2) is 41.8 Å². The Hall–Kier alpha value is -2.05. The van der Waals surface area contributed by atoms with Crippen molar-refractivity contribution in [2.45, 2.75) is 51.1 Å². The summed E-state index contributed by atoms with van der Waals surface area (Å²) in [4.78, 5) is 19.2. The number of anilines is 1. The van der Waals surface area contributed by atoms with Crippen molar-refractivity contribution in [2.75, 3.05) is 38.2 Å². The van der Waals surface area contributed by atoms with Crippen LogP contribution >= 0.6 is 11.3 Å². The second-order valence-corrected chi connectivity index (χ2v) is 9.77. The molecule has 168 valence electrons. The van der Waals surface area contributed by atoms with Crippen LogP contribution in [0.5, 0.6) is 5.75 Å². The van der Waals surface area contributed by atoms with E-state index in [2.05, 4.69) is 51.7 Å². The summed E-state index contributed by atoms with van der Waals surface area (Å²) in [5.74, 6) is 1.38. The van der Waals surface area contributed by atoms with Gasteiger partial charge in [-0.05, 0) is 43.3 Å². The van der Waals surface area contributed by atoms with E-state index in [0.29, 0.717) is 0 Å². The molecule has 6 heteroatoms. The van der Waals surface area contributed by atoms with Crippen molar-refractivity contribution in [2.24, 2.45) is 5.92 Å². The van der Waals surface area contributed by atoms with Gasteiger partial charge in [-0.25, -0.2) is 0 Å². The summed E-state index contributed by atoms with van der Waals surface area (Å²) in [5, 5.41) is 5.53. The largest absolute Gasteiger partial charge is 0.495 e. The summed E-state index contributed by atoms with van der Waals surface area (Å²) in [6.07, 6.45) is 5.73. The molecule has 1 aliphatic heterocycles. The molecule has 0 spiro atoms. The lowest BCUT2D eigenvalue weighted by atomic mass is 9.88. The van der Waals surface area contributed by atoms with Gasteiger partial charge in [0, 0.05) is 43.0 Å². The lowest BCUT2D eigenvalue weighted by Crippen LogP contribution is -2.53. The Morgan fingerprint density at radius 3 is 2.48 bits per heavy atom. The number of nitrogens with one attached hydrogen (secondary N) is 1. The number of rotatable bonds is 7. The molecule has 2 heterocycles. The smallest absolute Gasteiger partial charge is 0.223 e. The highest BCUT2D eigenvalue weighted by Gasteiger charge is 2.32. The molecule has 4 rings (SSSR count). The Morgan fingerprint density at radius 2 is 1.81 bits per heavy atom. The number of para-hydroxylation sites is 2. The molecule has 2 aromatic rings. The summed E-state index contributed by atoms with van der Waals surface area (Å²) in [6, 6.07) is 12.9. The van der Waals surface area contributed by atoms with E-state index in [0.717, 1.165) is 50.5 Å². The number of piperazine rings is 1. The third kappa shape index (κ3) is 5.24. The molecule has 1 aromatic heterocycles. The molecule has 1 aromatic carbocycles. The number of carbonyl (C=O) groups excluding carboxylic acids is 1. The Balaban J connectivity index is 1.43. The Labute approximate surface area is 190 Å². The highest BCUT2D eigenvalue weighted by atomic mass is 32.1. The van der Waals surface area contributed by atoms with Gasteiger partial charge in [0.15, 0.2) is 0 Å². The van der Waals surface area contributed by atoms with E-state index < -0.39 is 0 Å². The van der Waals surface area contributed by atoms with E-state index in [-0.39, 0.29) is 23.9 Å². The van der Waals surface area contributed by atoms with E-state index in [1.54, 1.807) is 18.4 Å². The fraction of sp³-hybridized carbons (Fsp3) is 0.560. The topological polar surface area (TPSA) is 44.8 Å². The van der Waals surface area contributed by atoms with Crippen molar-refractivity contribution in [1.82, 2.24) is 10.2 Å². The van der Waals surface area contributed by atoms with E-state index in [1.165, 1.54) is 24.1 Å². The molecular weight excluding hydrogens is 406 g/mol. The Morgan fingerprint density at radius 1 is 1.06 bits per heavy atom. The first-order chi connectivity index (χ1) is 15.2. The number of hydrogen-bond donors (Lipinski definition) is 1. The maximum atomic E-state index is 12.9.